The van der Waals surface area contributed by atoms with E-state index in [0.717, 1.165) is 17.3 Å². The Morgan fingerprint density at radius 3 is 2.82 bits per heavy atom. The molecular weight excluding hydrogens is 214 g/mol. The van der Waals surface area contributed by atoms with Crippen molar-refractivity contribution in [3.63, 3.8) is 0 Å². The molecule has 0 aliphatic heterocycles. The predicted molar refractivity (Wildman–Crippen MR) is 69.2 cm³/mol. The molecule has 0 aliphatic rings. The van der Waals surface area contributed by atoms with E-state index < -0.39 is 0 Å². The van der Waals surface area contributed by atoms with E-state index in [2.05, 4.69) is 29.1 Å². The summed E-state index contributed by atoms with van der Waals surface area (Å²) in [5.74, 6) is 1.94. The second kappa shape index (κ2) is 7.01. The van der Waals surface area contributed by atoms with Crippen molar-refractivity contribution < 1.29 is 4.74 Å². The smallest absolute Gasteiger partial charge is 0.160 e. The second-order valence-electron chi connectivity index (χ2n) is 4.10. The summed E-state index contributed by atoms with van der Waals surface area (Å²) >= 11 is 0. The second-order valence-corrected chi connectivity index (χ2v) is 4.10. The van der Waals surface area contributed by atoms with Gasteiger partial charge in [-0.2, -0.15) is 0 Å². The van der Waals surface area contributed by atoms with Crippen LogP contribution in [-0.4, -0.2) is 23.6 Å². The topological polar surface area (TPSA) is 47.0 Å². The number of hydrogen-bond donors (Lipinski definition) is 1. The summed E-state index contributed by atoms with van der Waals surface area (Å²) in [6.07, 6.45) is 5.68. The number of rotatable bonds is 6. The number of nitrogens with zero attached hydrogens (tertiary/aromatic N) is 2. The van der Waals surface area contributed by atoms with Crippen molar-refractivity contribution in [1.82, 2.24) is 15.3 Å². The Morgan fingerprint density at radius 2 is 2.24 bits per heavy atom. The van der Waals surface area contributed by atoms with Crippen LogP contribution in [0.15, 0.2) is 18.3 Å². The first-order valence-electron chi connectivity index (χ1n) is 5.93. The van der Waals surface area contributed by atoms with Gasteiger partial charge in [0.15, 0.2) is 5.75 Å². The highest BCUT2D eigenvalue weighted by molar-refractivity contribution is 5.25. The van der Waals surface area contributed by atoms with Crippen LogP contribution in [0.3, 0.4) is 0 Å². The third-order valence-electron chi connectivity index (χ3n) is 2.28. The third kappa shape index (κ3) is 4.15. The fourth-order valence-electron chi connectivity index (χ4n) is 1.35. The molecule has 0 spiro atoms. The van der Waals surface area contributed by atoms with Gasteiger partial charge in [-0.15, -0.1) is 0 Å². The molecule has 1 rings (SSSR count). The lowest BCUT2D eigenvalue weighted by molar-refractivity contribution is 0.352. The number of nitrogens with one attached hydrogen (secondary N) is 1. The minimum absolute atomic E-state index is 0.329. The Morgan fingerprint density at radius 1 is 1.47 bits per heavy atom. The fourth-order valence-corrected chi connectivity index (χ4v) is 1.35. The third-order valence-corrected chi connectivity index (χ3v) is 2.28. The molecule has 0 amide bonds. The van der Waals surface area contributed by atoms with Crippen LogP contribution in [0.25, 0.3) is 0 Å². The Hall–Kier alpha value is -1.42. The van der Waals surface area contributed by atoms with Crippen LogP contribution in [0.5, 0.6) is 5.75 Å². The summed E-state index contributed by atoms with van der Waals surface area (Å²) in [7, 11) is 1.90. The molecule has 4 heteroatoms. The van der Waals surface area contributed by atoms with Gasteiger partial charge in [-0.25, -0.2) is 9.97 Å². The maximum absolute atomic E-state index is 5.61. The minimum Gasteiger partial charge on any atom is -0.486 e. The summed E-state index contributed by atoms with van der Waals surface area (Å²) < 4.78 is 5.61. The Bertz CT molecular complexity index is 375. The molecule has 0 unspecified atom stereocenters. The van der Waals surface area contributed by atoms with Gasteiger partial charge in [0.25, 0.3) is 0 Å². The predicted octanol–water partition coefficient (Wildman–Crippen LogP) is 2.27. The molecule has 0 atom stereocenters. The SMILES string of the molecule is C/C=C/COc1cnc(C(C)C)nc1CNC. The van der Waals surface area contributed by atoms with Gasteiger partial charge in [0.2, 0.25) is 0 Å². The zero-order valence-corrected chi connectivity index (χ0v) is 11.0. The fraction of sp³-hybridized carbons (Fsp3) is 0.538. The van der Waals surface area contributed by atoms with Gasteiger partial charge in [0, 0.05) is 12.5 Å². The average molecular weight is 235 g/mol. The van der Waals surface area contributed by atoms with Crippen molar-refractivity contribution in [2.75, 3.05) is 13.7 Å². The zero-order valence-electron chi connectivity index (χ0n) is 11.0. The van der Waals surface area contributed by atoms with Crippen molar-refractivity contribution >= 4 is 0 Å². The van der Waals surface area contributed by atoms with Gasteiger partial charge in [0.1, 0.15) is 12.4 Å². The zero-order chi connectivity index (χ0) is 12.7. The number of aromatic nitrogens is 2. The molecule has 1 aromatic rings. The summed E-state index contributed by atoms with van der Waals surface area (Å²) in [6.45, 7) is 7.37. The summed E-state index contributed by atoms with van der Waals surface area (Å²) in [5.41, 5.74) is 0.913. The average Bonchev–Trinajstić information content (AvgIpc) is 2.31. The molecule has 4 nitrogen and oxygen atoms in total. The molecule has 17 heavy (non-hydrogen) atoms. The summed E-state index contributed by atoms with van der Waals surface area (Å²) in [4.78, 5) is 8.83. The van der Waals surface area contributed by atoms with Gasteiger partial charge in [-0.05, 0) is 14.0 Å². The van der Waals surface area contributed by atoms with E-state index in [4.69, 9.17) is 4.74 Å². The quantitative estimate of drug-likeness (QED) is 0.768. The number of hydrogen-bond acceptors (Lipinski definition) is 4. The lowest BCUT2D eigenvalue weighted by Crippen LogP contribution is -2.12. The first-order valence-corrected chi connectivity index (χ1v) is 5.93. The molecule has 0 aliphatic carbocycles. The number of allylic oxidation sites excluding steroid dienone is 1. The van der Waals surface area contributed by atoms with E-state index >= 15 is 0 Å². The van der Waals surface area contributed by atoms with Crippen LogP contribution < -0.4 is 10.1 Å². The van der Waals surface area contributed by atoms with E-state index in [9.17, 15) is 0 Å². The van der Waals surface area contributed by atoms with Crippen molar-refractivity contribution in [2.24, 2.45) is 0 Å². The van der Waals surface area contributed by atoms with E-state index in [1.165, 1.54) is 0 Å². The Kier molecular flexibility index (Phi) is 5.63. The van der Waals surface area contributed by atoms with Crippen molar-refractivity contribution in [3.8, 4) is 5.75 Å². The first-order chi connectivity index (χ1) is 8.19. The highest BCUT2D eigenvalue weighted by Gasteiger charge is 2.09. The Labute approximate surface area is 103 Å². The molecule has 0 radical (unpaired) electrons. The molecule has 0 saturated carbocycles. The number of ether oxygens (including phenoxy) is 1. The van der Waals surface area contributed by atoms with Crippen LogP contribution >= 0.6 is 0 Å². The molecule has 1 aromatic heterocycles. The first kappa shape index (κ1) is 13.6. The van der Waals surface area contributed by atoms with Crippen LogP contribution in [0, 0.1) is 0 Å². The lowest BCUT2D eigenvalue weighted by Gasteiger charge is -2.11. The molecule has 1 heterocycles. The van der Waals surface area contributed by atoms with Gasteiger partial charge < -0.3 is 10.1 Å². The lowest BCUT2D eigenvalue weighted by atomic mass is 10.2. The monoisotopic (exact) mass is 235 g/mol. The van der Waals surface area contributed by atoms with Crippen LogP contribution in [0.4, 0.5) is 0 Å². The molecular formula is C13H21N3O. The summed E-state index contributed by atoms with van der Waals surface area (Å²) in [5, 5.41) is 3.09. The largest absolute Gasteiger partial charge is 0.486 e. The van der Waals surface area contributed by atoms with E-state index in [1.807, 2.05) is 26.1 Å². The minimum atomic E-state index is 0.329. The highest BCUT2D eigenvalue weighted by Crippen LogP contribution is 2.18. The normalized spacial score (nSPS) is 11.4. The molecule has 0 aromatic carbocycles. The van der Waals surface area contributed by atoms with Crippen molar-refractivity contribution in [3.05, 3.63) is 29.9 Å². The van der Waals surface area contributed by atoms with Crippen LogP contribution in [-0.2, 0) is 6.54 Å². The molecule has 94 valence electrons. The van der Waals surface area contributed by atoms with E-state index in [0.29, 0.717) is 19.1 Å². The molecule has 0 saturated heterocycles. The van der Waals surface area contributed by atoms with Gasteiger partial charge in [-0.1, -0.05) is 26.0 Å². The molecule has 0 bridgehead atoms. The standard InChI is InChI=1S/C13H21N3O/c1-5-6-7-17-12-9-15-13(10(2)3)16-11(12)8-14-4/h5-6,9-10,14H,7-8H2,1-4H3/b6-5+. The maximum Gasteiger partial charge on any atom is 0.160 e. The summed E-state index contributed by atoms with van der Waals surface area (Å²) in [6, 6.07) is 0. The van der Waals surface area contributed by atoms with Gasteiger partial charge in [0.05, 0.1) is 11.9 Å². The van der Waals surface area contributed by atoms with Gasteiger partial charge in [-0.3, -0.25) is 0 Å². The van der Waals surface area contributed by atoms with E-state index in [1.54, 1.807) is 6.20 Å². The molecule has 1 N–H and O–H groups in total. The van der Waals surface area contributed by atoms with Crippen LogP contribution in [0.1, 0.15) is 38.2 Å². The van der Waals surface area contributed by atoms with E-state index in [-0.39, 0.29) is 0 Å². The maximum atomic E-state index is 5.61. The van der Waals surface area contributed by atoms with Crippen LogP contribution in [0.2, 0.25) is 0 Å². The van der Waals surface area contributed by atoms with Crippen molar-refractivity contribution in [2.45, 2.75) is 33.2 Å². The van der Waals surface area contributed by atoms with Crippen molar-refractivity contribution in [1.29, 1.82) is 0 Å². The highest BCUT2D eigenvalue weighted by atomic mass is 16.5. The molecule has 0 fully saturated rings. The van der Waals surface area contributed by atoms with Gasteiger partial charge >= 0.3 is 0 Å². The Balaban J connectivity index is 2.87.